The molecule has 0 rings (SSSR count). The number of esters is 1. The van der Waals surface area contributed by atoms with Crippen molar-refractivity contribution in [2.24, 2.45) is 0 Å². The molecule has 0 aliphatic carbocycles. The number of ether oxygens (including phenoxy) is 3. The summed E-state index contributed by atoms with van der Waals surface area (Å²) in [6.45, 7) is 7.06. The molecule has 0 aromatic heterocycles. The van der Waals surface area contributed by atoms with Gasteiger partial charge in [-0.25, -0.2) is 9.59 Å². The molecule has 0 aromatic rings. The number of nitrogens with one attached hydrogen (secondary N) is 2. The number of amides is 2. The van der Waals surface area contributed by atoms with Crippen LogP contribution in [0.25, 0.3) is 0 Å². The highest BCUT2D eigenvalue weighted by molar-refractivity contribution is 5.84. The van der Waals surface area contributed by atoms with E-state index in [-0.39, 0.29) is 19.6 Å². The van der Waals surface area contributed by atoms with E-state index in [1.165, 1.54) is 7.11 Å². The van der Waals surface area contributed by atoms with Crippen LogP contribution in [0.3, 0.4) is 0 Å². The maximum atomic E-state index is 12.2. The second kappa shape index (κ2) is 12.5. The van der Waals surface area contributed by atoms with Gasteiger partial charge in [0.25, 0.3) is 0 Å². The van der Waals surface area contributed by atoms with Crippen LogP contribution in [-0.4, -0.2) is 67.7 Å². The first-order valence-electron chi connectivity index (χ1n) is 8.72. The Morgan fingerprint density at radius 3 is 2.35 bits per heavy atom. The van der Waals surface area contributed by atoms with Gasteiger partial charge in [-0.05, 0) is 27.2 Å². The molecule has 9 nitrogen and oxygen atoms in total. The predicted octanol–water partition coefficient (Wildman–Crippen LogP) is 0.737. The van der Waals surface area contributed by atoms with Crippen LogP contribution in [-0.2, 0) is 23.8 Å². The molecule has 0 radical (unpaired) electrons. The fourth-order valence-electron chi connectivity index (χ4n) is 1.88. The van der Waals surface area contributed by atoms with Gasteiger partial charge < -0.3 is 30.0 Å². The topological polar surface area (TPSA) is 123 Å². The van der Waals surface area contributed by atoms with E-state index < -0.39 is 35.7 Å². The summed E-state index contributed by atoms with van der Waals surface area (Å²) in [7, 11) is 1.18. The minimum Gasteiger partial charge on any atom is -0.467 e. The fraction of sp³-hybridized carbons (Fsp3) is 0.824. The number of carbonyl (C=O) groups is 3. The Kier molecular flexibility index (Phi) is 11.6. The van der Waals surface area contributed by atoms with Crippen molar-refractivity contribution in [2.75, 3.05) is 26.9 Å². The van der Waals surface area contributed by atoms with Gasteiger partial charge in [-0.1, -0.05) is 13.3 Å². The Hall–Kier alpha value is -1.87. The highest BCUT2D eigenvalue weighted by Gasteiger charge is 2.27. The lowest BCUT2D eigenvalue weighted by Gasteiger charge is -2.23. The molecule has 9 heteroatoms. The standard InChI is InChI=1S/C17H32N2O7/c1-6-7-10-25-13(8-9-20)14(21)18-11-12(15(22)24-5)19-16(23)26-17(2,3)4/h12-13,20H,6-11H2,1-5H3,(H,18,21)(H,19,23)/t12-,13-/m0/s1. The molecule has 0 unspecified atom stereocenters. The minimum atomic E-state index is -1.11. The third kappa shape index (κ3) is 10.9. The number of carbonyl (C=O) groups excluding carboxylic acids is 3. The van der Waals surface area contributed by atoms with Gasteiger partial charge in [0, 0.05) is 26.2 Å². The summed E-state index contributed by atoms with van der Waals surface area (Å²) < 4.78 is 15.2. The predicted molar refractivity (Wildman–Crippen MR) is 94.5 cm³/mol. The summed E-state index contributed by atoms with van der Waals surface area (Å²) >= 11 is 0. The molecule has 26 heavy (non-hydrogen) atoms. The van der Waals surface area contributed by atoms with Gasteiger partial charge in [-0.3, -0.25) is 4.79 Å². The van der Waals surface area contributed by atoms with Gasteiger partial charge in [0.2, 0.25) is 5.91 Å². The Bertz CT molecular complexity index is 449. The van der Waals surface area contributed by atoms with Crippen molar-refractivity contribution in [1.29, 1.82) is 0 Å². The van der Waals surface area contributed by atoms with Crippen LogP contribution in [0.15, 0.2) is 0 Å². The summed E-state index contributed by atoms with van der Waals surface area (Å²) in [5.41, 5.74) is -0.729. The lowest BCUT2D eigenvalue weighted by atomic mass is 10.2. The first kappa shape index (κ1) is 24.1. The molecule has 0 aliphatic heterocycles. The summed E-state index contributed by atoms with van der Waals surface area (Å²) in [6, 6.07) is -1.11. The molecule has 0 saturated heterocycles. The lowest BCUT2D eigenvalue weighted by Crippen LogP contribution is -2.51. The molecule has 0 fully saturated rings. The monoisotopic (exact) mass is 376 g/mol. The van der Waals surface area contributed by atoms with E-state index in [1.54, 1.807) is 20.8 Å². The molecule has 0 saturated carbocycles. The van der Waals surface area contributed by atoms with E-state index in [4.69, 9.17) is 14.6 Å². The van der Waals surface area contributed by atoms with Crippen molar-refractivity contribution >= 4 is 18.0 Å². The average molecular weight is 376 g/mol. The fourth-order valence-corrected chi connectivity index (χ4v) is 1.88. The largest absolute Gasteiger partial charge is 0.467 e. The first-order valence-corrected chi connectivity index (χ1v) is 8.72. The molecule has 152 valence electrons. The van der Waals surface area contributed by atoms with Gasteiger partial charge in [0.05, 0.1) is 7.11 Å². The zero-order valence-corrected chi connectivity index (χ0v) is 16.3. The Morgan fingerprint density at radius 2 is 1.85 bits per heavy atom. The number of methoxy groups -OCH3 is 1. The van der Waals surface area contributed by atoms with E-state index >= 15 is 0 Å². The molecule has 0 spiro atoms. The molecule has 2 amide bonds. The number of hydrogen-bond acceptors (Lipinski definition) is 7. The van der Waals surface area contributed by atoms with Gasteiger partial charge in [-0.2, -0.15) is 0 Å². The van der Waals surface area contributed by atoms with Crippen molar-refractivity contribution in [1.82, 2.24) is 10.6 Å². The number of unbranched alkanes of at least 4 members (excludes halogenated alkanes) is 1. The molecule has 2 atom stereocenters. The molecule has 0 aliphatic rings. The summed E-state index contributed by atoms with van der Waals surface area (Å²) in [6.07, 6.45) is 0.218. The van der Waals surface area contributed by atoms with Crippen LogP contribution >= 0.6 is 0 Å². The Balaban J connectivity index is 4.72. The lowest BCUT2D eigenvalue weighted by molar-refractivity contribution is -0.143. The van der Waals surface area contributed by atoms with Crippen LogP contribution in [0.2, 0.25) is 0 Å². The number of aliphatic hydroxyl groups excluding tert-OH is 1. The third-order valence-electron chi connectivity index (χ3n) is 3.16. The van der Waals surface area contributed by atoms with E-state index in [1.807, 2.05) is 6.92 Å². The molecule has 0 bridgehead atoms. The van der Waals surface area contributed by atoms with Crippen molar-refractivity contribution in [3.05, 3.63) is 0 Å². The van der Waals surface area contributed by atoms with E-state index in [0.717, 1.165) is 12.8 Å². The number of hydrogen-bond donors (Lipinski definition) is 3. The highest BCUT2D eigenvalue weighted by atomic mass is 16.6. The number of aliphatic hydroxyl groups is 1. The van der Waals surface area contributed by atoms with E-state index in [2.05, 4.69) is 15.4 Å². The zero-order valence-electron chi connectivity index (χ0n) is 16.3. The molecule has 3 N–H and O–H groups in total. The summed E-state index contributed by atoms with van der Waals surface area (Å²) in [5, 5.41) is 14.0. The maximum Gasteiger partial charge on any atom is 0.408 e. The van der Waals surface area contributed by atoms with Crippen molar-refractivity contribution < 1.29 is 33.7 Å². The highest BCUT2D eigenvalue weighted by Crippen LogP contribution is 2.07. The number of rotatable bonds is 11. The second-order valence-corrected chi connectivity index (χ2v) is 6.69. The smallest absolute Gasteiger partial charge is 0.408 e. The zero-order chi connectivity index (χ0) is 20.2. The van der Waals surface area contributed by atoms with Gasteiger partial charge in [0.15, 0.2) is 0 Å². The van der Waals surface area contributed by atoms with Gasteiger partial charge in [0.1, 0.15) is 17.7 Å². The summed E-state index contributed by atoms with van der Waals surface area (Å²) in [4.78, 5) is 35.9. The summed E-state index contributed by atoms with van der Waals surface area (Å²) in [5.74, 6) is -1.20. The van der Waals surface area contributed by atoms with Crippen molar-refractivity contribution in [3.63, 3.8) is 0 Å². The van der Waals surface area contributed by atoms with Gasteiger partial charge >= 0.3 is 12.1 Å². The Labute approximate surface area is 154 Å². The molecular weight excluding hydrogens is 344 g/mol. The van der Waals surface area contributed by atoms with Crippen molar-refractivity contribution in [2.45, 2.75) is 64.7 Å². The van der Waals surface area contributed by atoms with Crippen LogP contribution in [0.4, 0.5) is 4.79 Å². The van der Waals surface area contributed by atoms with Gasteiger partial charge in [-0.15, -0.1) is 0 Å². The quantitative estimate of drug-likeness (QED) is 0.359. The Morgan fingerprint density at radius 1 is 1.19 bits per heavy atom. The first-order chi connectivity index (χ1) is 12.1. The molecule has 0 heterocycles. The third-order valence-corrected chi connectivity index (χ3v) is 3.16. The minimum absolute atomic E-state index is 0.137. The molecular formula is C17H32N2O7. The number of alkyl carbamates (subject to hydrolysis) is 1. The SMILES string of the molecule is CCCCO[C@@H](CCO)C(=O)NC[C@H](NC(=O)OC(C)(C)C)C(=O)OC. The van der Waals surface area contributed by atoms with Crippen LogP contribution in [0.5, 0.6) is 0 Å². The van der Waals surface area contributed by atoms with Crippen LogP contribution in [0.1, 0.15) is 47.0 Å². The van der Waals surface area contributed by atoms with Crippen LogP contribution < -0.4 is 10.6 Å². The second-order valence-electron chi connectivity index (χ2n) is 6.69. The van der Waals surface area contributed by atoms with E-state index in [9.17, 15) is 14.4 Å². The average Bonchev–Trinajstić information content (AvgIpc) is 2.55. The van der Waals surface area contributed by atoms with Crippen LogP contribution in [0, 0.1) is 0 Å². The van der Waals surface area contributed by atoms with E-state index in [0.29, 0.717) is 6.61 Å². The maximum absolute atomic E-state index is 12.2. The van der Waals surface area contributed by atoms with Crippen molar-refractivity contribution in [3.8, 4) is 0 Å². The molecule has 0 aromatic carbocycles. The normalized spacial score (nSPS) is 13.5.